The van der Waals surface area contributed by atoms with Gasteiger partial charge in [0.25, 0.3) is 0 Å². The molecular weight excluding hydrogens is 417 g/mol. The second kappa shape index (κ2) is 10.7. The van der Waals surface area contributed by atoms with E-state index in [0.29, 0.717) is 29.8 Å². The first kappa shape index (κ1) is 23.8. The molecular formula is C24H37Cl2N3O. The van der Waals surface area contributed by atoms with Gasteiger partial charge in [-0.05, 0) is 62.5 Å². The monoisotopic (exact) mass is 453 g/mol. The Morgan fingerprint density at radius 2 is 1.80 bits per heavy atom. The molecule has 0 spiro atoms. The van der Waals surface area contributed by atoms with Gasteiger partial charge in [0.2, 0.25) is 5.91 Å². The van der Waals surface area contributed by atoms with Crippen LogP contribution in [-0.4, -0.2) is 60.0 Å². The Kier molecular flexibility index (Phi) is 8.48. The SMILES string of the molecule is Cl.Cl.O=C([C@@H]1CCCCN1)N1C[C@@H]2C[C@H](C1)[C@@H]1CCC[C@H](Cc3ccccc3)N1C2. The van der Waals surface area contributed by atoms with Crippen molar-refractivity contribution in [1.29, 1.82) is 0 Å². The van der Waals surface area contributed by atoms with Gasteiger partial charge in [-0.2, -0.15) is 0 Å². The first-order valence-corrected chi connectivity index (χ1v) is 11.6. The van der Waals surface area contributed by atoms with E-state index in [4.69, 9.17) is 0 Å². The fourth-order valence-electron chi connectivity index (χ4n) is 6.48. The minimum absolute atomic E-state index is 0. The lowest BCUT2D eigenvalue weighted by molar-refractivity contribution is -0.141. The fraction of sp³-hybridized carbons (Fsp3) is 0.708. The minimum atomic E-state index is 0. The number of nitrogens with zero attached hydrogens (tertiary/aromatic N) is 2. The summed E-state index contributed by atoms with van der Waals surface area (Å²) in [5.74, 6) is 1.73. The van der Waals surface area contributed by atoms with Crippen molar-refractivity contribution in [2.45, 2.75) is 69.5 Å². The van der Waals surface area contributed by atoms with Crippen LogP contribution in [-0.2, 0) is 11.2 Å². The number of halogens is 2. The molecule has 0 saturated carbocycles. The molecule has 5 rings (SSSR count). The molecule has 2 bridgehead atoms. The summed E-state index contributed by atoms with van der Waals surface area (Å²) in [6.45, 7) is 4.18. The van der Waals surface area contributed by atoms with E-state index in [1.165, 1.54) is 57.1 Å². The van der Waals surface area contributed by atoms with Gasteiger partial charge < -0.3 is 10.2 Å². The Hall–Kier alpha value is -0.810. The Morgan fingerprint density at radius 3 is 2.57 bits per heavy atom. The first-order valence-electron chi connectivity index (χ1n) is 11.6. The average Bonchev–Trinajstić information content (AvgIpc) is 2.75. The maximum atomic E-state index is 13.1. The molecule has 0 aromatic heterocycles. The second-order valence-electron chi connectivity index (χ2n) is 9.65. The molecule has 6 heteroatoms. The molecule has 168 valence electrons. The molecule has 1 N–H and O–H groups in total. The van der Waals surface area contributed by atoms with Crippen LogP contribution in [0.1, 0.15) is 50.5 Å². The van der Waals surface area contributed by atoms with E-state index in [9.17, 15) is 4.79 Å². The smallest absolute Gasteiger partial charge is 0.239 e. The van der Waals surface area contributed by atoms with Gasteiger partial charge >= 0.3 is 0 Å². The maximum Gasteiger partial charge on any atom is 0.239 e. The van der Waals surface area contributed by atoms with E-state index in [1.54, 1.807) is 0 Å². The molecule has 30 heavy (non-hydrogen) atoms. The molecule has 0 radical (unpaired) electrons. The highest BCUT2D eigenvalue weighted by atomic mass is 35.5. The van der Waals surface area contributed by atoms with E-state index < -0.39 is 0 Å². The van der Waals surface area contributed by atoms with Crippen LogP contribution >= 0.6 is 24.8 Å². The highest BCUT2D eigenvalue weighted by molar-refractivity contribution is 5.85. The van der Waals surface area contributed by atoms with Crippen molar-refractivity contribution in [1.82, 2.24) is 15.1 Å². The van der Waals surface area contributed by atoms with Crippen LogP contribution in [0.4, 0.5) is 0 Å². The summed E-state index contributed by atoms with van der Waals surface area (Å²) < 4.78 is 0. The summed E-state index contributed by atoms with van der Waals surface area (Å²) in [4.78, 5) is 18.2. The van der Waals surface area contributed by atoms with Gasteiger partial charge in [-0.25, -0.2) is 0 Å². The van der Waals surface area contributed by atoms with Gasteiger partial charge in [-0.3, -0.25) is 9.69 Å². The zero-order chi connectivity index (χ0) is 18.9. The number of rotatable bonds is 3. The Labute approximate surface area is 194 Å². The Morgan fingerprint density at radius 1 is 0.967 bits per heavy atom. The van der Waals surface area contributed by atoms with E-state index >= 15 is 0 Å². The molecule has 5 atom stereocenters. The molecule has 0 unspecified atom stereocenters. The van der Waals surface area contributed by atoms with Crippen molar-refractivity contribution in [3.05, 3.63) is 35.9 Å². The number of carbonyl (C=O) groups is 1. The predicted octanol–water partition coefficient (Wildman–Crippen LogP) is 3.92. The number of benzene rings is 1. The van der Waals surface area contributed by atoms with Crippen molar-refractivity contribution in [3.63, 3.8) is 0 Å². The largest absolute Gasteiger partial charge is 0.341 e. The van der Waals surface area contributed by atoms with E-state index in [2.05, 4.69) is 45.4 Å². The molecule has 4 heterocycles. The van der Waals surface area contributed by atoms with Crippen molar-refractivity contribution in [2.24, 2.45) is 11.8 Å². The van der Waals surface area contributed by atoms with Crippen LogP contribution in [0.15, 0.2) is 30.3 Å². The summed E-state index contributed by atoms with van der Waals surface area (Å²) in [5.41, 5.74) is 1.48. The first-order chi connectivity index (χ1) is 13.8. The van der Waals surface area contributed by atoms with Crippen LogP contribution in [0.25, 0.3) is 0 Å². The maximum absolute atomic E-state index is 13.1. The van der Waals surface area contributed by atoms with Crippen molar-refractivity contribution in [3.8, 4) is 0 Å². The molecule has 1 aromatic carbocycles. The number of fused-ring (bicyclic) bond motifs is 4. The molecule has 4 nitrogen and oxygen atoms in total. The van der Waals surface area contributed by atoms with Crippen LogP contribution in [0.5, 0.6) is 0 Å². The molecule has 1 aromatic rings. The standard InChI is InChI=1S/C24H35N3O.2ClH/c28-24(22-10-4-5-12-25-22)26-15-19-13-20(17-26)23-11-6-9-21(27(23)16-19)14-18-7-2-1-3-8-18;;/h1-3,7-8,19-23,25H,4-6,9-17H2;2*1H/t19-,20+,21+,22-,23-;;/m0../s1. The van der Waals surface area contributed by atoms with Crippen LogP contribution < -0.4 is 5.32 Å². The minimum Gasteiger partial charge on any atom is -0.341 e. The number of nitrogens with one attached hydrogen (secondary N) is 1. The highest BCUT2D eigenvalue weighted by Crippen LogP contribution is 2.40. The predicted molar refractivity (Wildman–Crippen MR) is 127 cm³/mol. The van der Waals surface area contributed by atoms with E-state index in [0.717, 1.165) is 26.1 Å². The average molecular weight is 454 g/mol. The van der Waals surface area contributed by atoms with Crippen molar-refractivity contribution in [2.75, 3.05) is 26.2 Å². The zero-order valence-electron chi connectivity index (χ0n) is 17.9. The molecule has 0 aliphatic carbocycles. The molecule has 4 aliphatic heterocycles. The third-order valence-electron chi connectivity index (χ3n) is 7.75. The van der Waals surface area contributed by atoms with Gasteiger partial charge in [0.15, 0.2) is 0 Å². The third kappa shape index (κ3) is 4.98. The lowest BCUT2D eigenvalue weighted by Gasteiger charge is -2.55. The van der Waals surface area contributed by atoms with Gasteiger partial charge in [0.1, 0.15) is 0 Å². The number of carbonyl (C=O) groups excluding carboxylic acids is 1. The number of hydrogen-bond acceptors (Lipinski definition) is 3. The Balaban J connectivity index is 0.00000128. The van der Waals surface area contributed by atoms with Gasteiger partial charge in [-0.15, -0.1) is 24.8 Å². The lowest BCUT2D eigenvalue weighted by atomic mass is 9.74. The van der Waals surface area contributed by atoms with Crippen molar-refractivity contribution < 1.29 is 4.79 Å². The second-order valence-corrected chi connectivity index (χ2v) is 9.65. The van der Waals surface area contributed by atoms with Crippen LogP contribution in [0.3, 0.4) is 0 Å². The molecule has 1 amide bonds. The molecule has 4 saturated heterocycles. The lowest BCUT2D eigenvalue weighted by Crippen LogP contribution is -2.64. The number of hydrogen-bond donors (Lipinski definition) is 1. The van der Waals surface area contributed by atoms with E-state index in [-0.39, 0.29) is 30.9 Å². The highest BCUT2D eigenvalue weighted by Gasteiger charge is 2.45. The van der Waals surface area contributed by atoms with Crippen LogP contribution in [0, 0.1) is 11.8 Å². The van der Waals surface area contributed by atoms with Gasteiger partial charge in [-0.1, -0.05) is 43.2 Å². The zero-order valence-corrected chi connectivity index (χ0v) is 19.5. The Bertz CT molecular complexity index is 682. The summed E-state index contributed by atoms with van der Waals surface area (Å²) in [7, 11) is 0. The molecule has 4 aliphatic rings. The fourth-order valence-corrected chi connectivity index (χ4v) is 6.48. The molecule has 4 fully saturated rings. The quantitative estimate of drug-likeness (QED) is 0.752. The number of likely N-dealkylation sites (tertiary alicyclic amines) is 1. The normalized spacial score (nSPS) is 33.6. The van der Waals surface area contributed by atoms with Gasteiger partial charge in [0.05, 0.1) is 6.04 Å². The van der Waals surface area contributed by atoms with Crippen molar-refractivity contribution >= 4 is 30.7 Å². The number of amides is 1. The summed E-state index contributed by atoms with van der Waals surface area (Å²) in [6.07, 6.45) is 9.96. The van der Waals surface area contributed by atoms with Crippen LogP contribution in [0.2, 0.25) is 0 Å². The van der Waals surface area contributed by atoms with E-state index in [1.807, 2.05) is 0 Å². The summed E-state index contributed by atoms with van der Waals surface area (Å²) in [6, 6.07) is 12.5. The third-order valence-corrected chi connectivity index (χ3v) is 7.75. The van der Waals surface area contributed by atoms with Gasteiger partial charge in [0, 0.05) is 31.7 Å². The number of piperidine rings is 4. The summed E-state index contributed by atoms with van der Waals surface area (Å²) >= 11 is 0. The summed E-state index contributed by atoms with van der Waals surface area (Å²) in [5, 5.41) is 3.47. The topological polar surface area (TPSA) is 35.6 Å².